The van der Waals surface area contributed by atoms with Gasteiger partial charge in [-0.25, -0.2) is 15.0 Å². The first-order chi connectivity index (χ1) is 26.4. The molecule has 0 bridgehead atoms. The van der Waals surface area contributed by atoms with E-state index < -0.39 is 48.3 Å². The highest BCUT2D eigenvalue weighted by molar-refractivity contribution is 6.10. The lowest BCUT2D eigenvalue weighted by atomic mass is 10.00. The van der Waals surface area contributed by atoms with Crippen molar-refractivity contribution in [2.24, 2.45) is 0 Å². The third kappa shape index (κ3) is 4.52. The van der Waals surface area contributed by atoms with Crippen molar-refractivity contribution in [2.75, 3.05) is 0 Å². The van der Waals surface area contributed by atoms with Crippen LogP contribution in [0.1, 0.15) is 13.7 Å². The van der Waals surface area contributed by atoms with Gasteiger partial charge in [0.25, 0.3) is 0 Å². The quantitative estimate of drug-likeness (QED) is 0.206. The van der Waals surface area contributed by atoms with Gasteiger partial charge >= 0.3 is 0 Å². The normalized spacial score (nSPS) is 14.7. The van der Waals surface area contributed by atoms with Crippen LogP contribution in [-0.4, -0.2) is 15.0 Å². The molecule has 0 aliphatic heterocycles. The van der Waals surface area contributed by atoms with Crippen molar-refractivity contribution in [1.82, 2.24) is 15.0 Å². The lowest BCUT2D eigenvalue weighted by Gasteiger charge is -2.10. The summed E-state index contributed by atoms with van der Waals surface area (Å²) in [7, 11) is 0. The summed E-state index contributed by atoms with van der Waals surface area (Å²) in [4.78, 5) is 14.2. The molecule has 0 atom stereocenters. The SMILES string of the molecule is [2H]c1c([2H])c([2H])c(-c2ccc3cc(-c4nc(-c5ccc6c(c5)oc5cc7ccccc7cc56)nc(-c5c([2H])c([2H])c([2H])c([2H])c5[2H])n4)ccc3c2)c([2H])c1[2H]. The molecule has 0 saturated heterocycles. The molecule has 2 aromatic heterocycles. The number of rotatable bonds is 4. The van der Waals surface area contributed by atoms with Crippen molar-refractivity contribution in [3.63, 3.8) is 0 Å². The number of hydrogen-bond acceptors (Lipinski definition) is 4. The molecule has 9 rings (SSSR count). The number of fused-ring (bicyclic) bond motifs is 5. The highest BCUT2D eigenvalue weighted by Crippen LogP contribution is 2.35. The molecule has 2 heterocycles. The Hall–Kier alpha value is -6.13. The van der Waals surface area contributed by atoms with Crippen LogP contribution < -0.4 is 0 Å². The summed E-state index contributed by atoms with van der Waals surface area (Å²) in [6.07, 6.45) is 0. The van der Waals surface area contributed by atoms with E-state index in [0.717, 1.165) is 32.3 Å². The number of furan rings is 1. The monoisotopic (exact) mass is 585 g/mol. The Kier molecular flexibility index (Phi) is 3.93. The maximum absolute atomic E-state index is 8.67. The van der Waals surface area contributed by atoms with Gasteiger partial charge in [0.2, 0.25) is 0 Å². The number of hydrogen-bond donors (Lipinski definition) is 0. The van der Waals surface area contributed by atoms with Crippen LogP contribution in [0, 0.1) is 0 Å². The Balaban J connectivity index is 1.21. The number of nitrogens with zero attached hydrogens (tertiary/aromatic N) is 3. The topological polar surface area (TPSA) is 51.8 Å². The third-order valence-electron chi connectivity index (χ3n) is 7.84. The summed E-state index contributed by atoms with van der Waals surface area (Å²) in [6, 6.07) is 23.9. The van der Waals surface area contributed by atoms with E-state index in [0.29, 0.717) is 27.9 Å². The van der Waals surface area contributed by atoms with E-state index in [2.05, 4.69) is 16.0 Å². The highest BCUT2D eigenvalue weighted by atomic mass is 16.3. The molecule has 0 aliphatic rings. The van der Waals surface area contributed by atoms with Gasteiger partial charge < -0.3 is 4.42 Å². The predicted molar refractivity (Wildman–Crippen MR) is 184 cm³/mol. The van der Waals surface area contributed by atoms with Crippen LogP contribution in [0.2, 0.25) is 0 Å². The number of benzene rings is 7. The van der Waals surface area contributed by atoms with E-state index >= 15 is 0 Å². The predicted octanol–water partition coefficient (Wildman–Crippen LogP) is 10.7. The van der Waals surface area contributed by atoms with Gasteiger partial charge in [-0.05, 0) is 69.1 Å². The van der Waals surface area contributed by atoms with E-state index in [1.165, 1.54) is 0 Å². The van der Waals surface area contributed by atoms with Gasteiger partial charge in [-0.3, -0.25) is 0 Å². The molecule has 0 N–H and O–H groups in total. The first-order valence-corrected chi connectivity index (χ1v) is 14.2. The lowest BCUT2D eigenvalue weighted by Crippen LogP contribution is -2.00. The van der Waals surface area contributed by atoms with Gasteiger partial charge in [-0.15, -0.1) is 0 Å². The van der Waals surface area contributed by atoms with E-state index in [9.17, 15) is 0 Å². The molecule has 0 saturated carbocycles. The molecule has 0 fully saturated rings. The fourth-order valence-electron chi connectivity index (χ4n) is 5.64. The Morgan fingerprint density at radius 3 is 1.62 bits per heavy atom. The average molecular weight is 586 g/mol. The van der Waals surface area contributed by atoms with Gasteiger partial charge in [-0.2, -0.15) is 0 Å². The summed E-state index contributed by atoms with van der Waals surface area (Å²) in [5.41, 5.74) is 2.78. The Bertz CT molecular complexity index is 3070. The Labute approximate surface area is 273 Å². The first-order valence-electron chi connectivity index (χ1n) is 19.2. The van der Waals surface area contributed by atoms with Crippen molar-refractivity contribution in [1.29, 1.82) is 0 Å². The molecule has 4 heteroatoms. The van der Waals surface area contributed by atoms with Crippen LogP contribution in [0.5, 0.6) is 0 Å². The second kappa shape index (κ2) is 10.2. The van der Waals surface area contributed by atoms with Crippen molar-refractivity contribution in [2.45, 2.75) is 0 Å². The minimum Gasteiger partial charge on any atom is -0.456 e. The van der Waals surface area contributed by atoms with Crippen LogP contribution in [0.3, 0.4) is 0 Å². The number of aromatic nitrogens is 3. The molecule has 0 radical (unpaired) electrons. The summed E-state index contributed by atoms with van der Waals surface area (Å²) >= 11 is 0. The van der Waals surface area contributed by atoms with E-state index in [1.54, 1.807) is 30.3 Å². The van der Waals surface area contributed by atoms with Crippen molar-refractivity contribution < 1.29 is 18.1 Å². The van der Waals surface area contributed by atoms with Crippen LogP contribution in [-0.2, 0) is 0 Å². The van der Waals surface area contributed by atoms with Gasteiger partial charge in [0.15, 0.2) is 17.5 Å². The maximum atomic E-state index is 8.67. The molecule has 0 unspecified atom stereocenters. The summed E-state index contributed by atoms with van der Waals surface area (Å²) < 4.78 is 89.3. The molecule has 0 amide bonds. The van der Waals surface area contributed by atoms with Gasteiger partial charge in [0.05, 0.1) is 13.7 Å². The molecule has 9 aromatic rings. The van der Waals surface area contributed by atoms with Crippen LogP contribution in [0.25, 0.3) is 88.8 Å². The molecular formula is C41H25N3O. The molecule has 210 valence electrons. The minimum atomic E-state index is -0.534. The van der Waals surface area contributed by atoms with Gasteiger partial charge in [0, 0.05) is 27.5 Å². The van der Waals surface area contributed by atoms with E-state index in [1.807, 2.05) is 54.6 Å². The largest absolute Gasteiger partial charge is 0.456 e. The molecule has 0 aliphatic carbocycles. The first kappa shape index (κ1) is 17.2. The van der Waals surface area contributed by atoms with E-state index in [-0.39, 0.29) is 40.7 Å². The van der Waals surface area contributed by atoms with Crippen molar-refractivity contribution in [3.8, 4) is 45.3 Å². The van der Waals surface area contributed by atoms with Gasteiger partial charge in [-0.1, -0.05) is 115 Å². The van der Waals surface area contributed by atoms with Crippen LogP contribution in [0.15, 0.2) is 156 Å². The van der Waals surface area contributed by atoms with Crippen molar-refractivity contribution >= 4 is 43.5 Å². The Morgan fingerprint density at radius 2 is 0.911 bits per heavy atom. The van der Waals surface area contributed by atoms with Crippen molar-refractivity contribution in [3.05, 3.63) is 151 Å². The zero-order valence-electron chi connectivity index (χ0n) is 33.4. The molecular weight excluding hydrogens is 550 g/mol. The second-order valence-corrected chi connectivity index (χ2v) is 10.6. The fourth-order valence-corrected chi connectivity index (χ4v) is 5.64. The smallest absolute Gasteiger partial charge is 0.164 e. The zero-order chi connectivity index (χ0) is 38.4. The Morgan fingerprint density at radius 1 is 0.400 bits per heavy atom. The van der Waals surface area contributed by atoms with Crippen LogP contribution in [0.4, 0.5) is 0 Å². The second-order valence-electron chi connectivity index (χ2n) is 10.6. The molecule has 7 aromatic carbocycles. The van der Waals surface area contributed by atoms with Crippen LogP contribution >= 0.6 is 0 Å². The summed E-state index contributed by atoms with van der Waals surface area (Å²) in [6.45, 7) is 0. The zero-order valence-corrected chi connectivity index (χ0v) is 23.4. The summed E-state index contributed by atoms with van der Waals surface area (Å²) in [5, 5.41) is 5.41. The third-order valence-corrected chi connectivity index (χ3v) is 7.84. The lowest BCUT2D eigenvalue weighted by molar-refractivity contribution is 0.669. The average Bonchev–Trinajstić information content (AvgIpc) is 3.56. The fraction of sp³-hybridized carbons (Fsp3) is 0. The summed E-state index contributed by atoms with van der Waals surface area (Å²) in [5.74, 6) is 0.264. The molecule has 4 nitrogen and oxygen atoms in total. The maximum Gasteiger partial charge on any atom is 0.164 e. The molecule has 45 heavy (non-hydrogen) atoms. The van der Waals surface area contributed by atoms with Gasteiger partial charge in [0.1, 0.15) is 11.2 Å². The minimum absolute atomic E-state index is 0.0945. The van der Waals surface area contributed by atoms with E-state index in [4.69, 9.17) is 23.1 Å². The highest BCUT2D eigenvalue weighted by Gasteiger charge is 2.15. The standard InChI is InChI=1S/C41H25N3O/c1-3-9-26(10-4-1)30-15-16-32-22-33(18-17-31(32)21-30)40-42-39(27-11-5-2-6-12-27)43-41(44-40)34-19-20-35-36-23-28-13-7-8-14-29(28)24-38(36)45-37(35)25-34/h1-25H/i1D,2D,3D,4D,5D,6D,9D,10D,11D,12D. The molecule has 0 spiro atoms.